The molecule has 0 spiro atoms. The number of thiazole rings is 1. The summed E-state index contributed by atoms with van der Waals surface area (Å²) < 4.78 is 0. The number of hydrogen-bond donors (Lipinski definition) is 2. The van der Waals surface area contributed by atoms with Gasteiger partial charge < -0.3 is 0 Å². The van der Waals surface area contributed by atoms with Crippen molar-refractivity contribution in [3.8, 4) is 0 Å². The summed E-state index contributed by atoms with van der Waals surface area (Å²) >= 11 is 1.54. The Morgan fingerprint density at radius 2 is 2.58 bits per heavy atom. The number of nitrogens with zero attached hydrogens (tertiary/aromatic N) is 1. The van der Waals surface area contributed by atoms with Crippen LogP contribution in [0, 0.1) is 6.92 Å². The predicted molar refractivity (Wildman–Crippen MR) is 48.2 cm³/mol. The van der Waals surface area contributed by atoms with Gasteiger partial charge >= 0.3 is 0 Å². The maximum absolute atomic E-state index is 10.6. The molecule has 0 saturated heterocycles. The van der Waals surface area contributed by atoms with Crippen molar-refractivity contribution in [3.05, 3.63) is 22.2 Å². The van der Waals surface area contributed by atoms with Gasteiger partial charge in [-0.1, -0.05) is 0 Å². The lowest BCUT2D eigenvalue weighted by atomic mass is 10.4. The minimum absolute atomic E-state index is 0.333. The zero-order valence-corrected chi connectivity index (χ0v) is 7.39. The highest BCUT2D eigenvalue weighted by Gasteiger charge is 1.93. The van der Waals surface area contributed by atoms with Gasteiger partial charge in [0.1, 0.15) is 0 Å². The van der Waals surface area contributed by atoms with Gasteiger partial charge in [-0.05, 0) is 13.0 Å². The normalized spacial score (nSPS) is 10.5. The molecule has 12 heavy (non-hydrogen) atoms. The number of hydrogen-bond acceptors (Lipinski definition) is 4. The third-order valence-electron chi connectivity index (χ3n) is 1.18. The van der Waals surface area contributed by atoms with Crippen LogP contribution in [0.2, 0.25) is 0 Å². The summed E-state index contributed by atoms with van der Waals surface area (Å²) in [6.07, 6.45) is 2.96. The molecule has 0 aromatic carbocycles. The number of hydrazine groups is 1. The number of carbonyl (C=O) groups excluding carboxylic acids is 1. The summed E-state index contributed by atoms with van der Waals surface area (Å²) in [4.78, 5) is 14.8. The summed E-state index contributed by atoms with van der Waals surface area (Å²) in [6.45, 7) is 1.91. The number of aryl methyl sites for hydroxylation is 1. The highest BCUT2D eigenvalue weighted by molar-refractivity contribution is 7.09. The first-order valence-electron chi connectivity index (χ1n) is 3.33. The lowest BCUT2D eigenvalue weighted by Gasteiger charge is -1.87. The van der Waals surface area contributed by atoms with Crippen LogP contribution >= 0.6 is 11.3 Å². The van der Waals surface area contributed by atoms with Crippen LogP contribution in [0.25, 0.3) is 6.08 Å². The fourth-order valence-corrected chi connectivity index (χ4v) is 1.25. The highest BCUT2D eigenvalue weighted by Crippen LogP contribution is 2.08. The molecule has 0 bridgehead atoms. The summed E-state index contributed by atoms with van der Waals surface area (Å²) in [5, 5.41) is 2.85. The van der Waals surface area contributed by atoms with E-state index in [0.717, 1.165) is 10.7 Å². The fraction of sp³-hybridized carbons (Fsp3) is 0.143. The van der Waals surface area contributed by atoms with Crippen LogP contribution in [0.1, 0.15) is 10.7 Å². The van der Waals surface area contributed by atoms with Gasteiger partial charge in [-0.25, -0.2) is 10.8 Å². The van der Waals surface area contributed by atoms with Crippen molar-refractivity contribution in [1.82, 2.24) is 10.4 Å². The molecule has 1 aromatic heterocycles. The number of aromatic nitrogens is 1. The van der Waals surface area contributed by atoms with Crippen LogP contribution in [0.3, 0.4) is 0 Å². The van der Waals surface area contributed by atoms with E-state index >= 15 is 0 Å². The predicted octanol–water partition coefficient (Wildman–Crippen LogP) is 0.455. The maximum atomic E-state index is 10.6. The van der Waals surface area contributed by atoms with Crippen LogP contribution < -0.4 is 11.3 Å². The third-order valence-corrected chi connectivity index (χ3v) is 1.98. The molecule has 0 unspecified atom stereocenters. The van der Waals surface area contributed by atoms with Gasteiger partial charge in [0.2, 0.25) is 0 Å². The molecule has 1 rings (SSSR count). The van der Waals surface area contributed by atoms with E-state index in [0.29, 0.717) is 0 Å². The zero-order valence-electron chi connectivity index (χ0n) is 6.57. The summed E-state index contributed by atoms with van der Waals surface area (Å²) in [5.74, 6) is 4.54. The molecule has 0 fully saturated rings. The van der Waals surface area contributed by atoms with Crippen LogP contribution in [-0.4, -0.2) is 10.9 Å². The Morgan fingerprint density at radius 1 is 1.83 bits per heavy atom. The van der Waals surface area contributed by atoms with Gasteiger partial charge in [-0.15, -0.1) is 11.3 Å². The van der Waals surface area contributed by atoms with Gasteiger partial charge in [0, 0.05) is 11.5 Å². The summed E-state index contributed by atoms with van der Waals surface area (Å²) in [7, 11) is 0. The van der Waals surface area contributed by atoms with Gasteiger partial charge in [-0.2, -0.15) is 0 Å². The largest absolute Gasteiger partial charge is 0.291 e. The molecular formula is C7H9N3OS. The molecule has 0 aliphatic heterocycles. The highest BCUT2D eigenvalue weighted by atomic mass is 32.1. The second-order valence-corrected chi connectivity index (χ2v) is 3.20. The van der Waals surface area contributed by atoms with Gasteiger partial charge in [-0.3, -0.25) is 10.2 Å². The lowest BCUT2D eigenvalue weighted by molar-refractivity contribution is -0.116. The standard InChI is InChI=1S/C7H9N3OS/c1-5-9-6(4-12-5)2-3-7(11)10-8/h2-4H,8H2,1H3,(H,10,11)/b3-2+. The van der Waals surface area contributed by atoms with E-state index in [9.17, 15) is 4.79 Å². The van der Waals surface area contributed by atoms with Crippen molar-refractivity contribution in [2.75, 3.05) is 0 Å². The average molecular weight is 183 g/mol. The molecule has 1 heterocycles. The zero-order chi connectivity index (χ0) is 8.97. The number of carbonyl (C=O) groups is 1. The lowest BCUT2D eigenvalue weighted by Crippen LogP contribution is -2.27. The summed E-state index contributed by atoms with van der Waals surface area (Å²) in [5.41, 5.74) is 2.77. The SMILES string of the molecule is Cc1nc(/C=C/C(=O)NN)cs1. The van der Waals surface area contributed by atoms with E-state index in [1.807, 2.05) is 17.7 Å². The number of amides is 1. The van der Waals surface area contributed by atoms with Gasteiger partial charge in [0.25, 0.3) is 5.91 Å². The first-order valence-corrected chi connectivity index (χ1v) is 4.21. The molecule has 5 heteroatoms. The molecular weight excluding hydrogens is 174 g/mol. The molecule has 64 valence electrons. The average Bonchev–Trinajstić information content (AvgIpc) is 2.47. The van der Waals surface area contributed by atoms with Crippen LogP contribution in [0.5, 0.6) is 0 Å². The Bertz CT molecular complexity index is 305. The van der Waals surface area contributed by atoms with Crippen molar-refractivity contribution >= 4 is 23.3 Å². The second-order valence-electron chi connectivity index (χ2n) is 2.13. The van der Waals surface area contributed by atoms with Crippen LogP contribution in [0.15, 0.2) is 11.5 Å². The Morgan fingerprint density at radius 3 is 3.08 bits per heavy atom. The van der Waals surface area contributed by atoms with E-state index in [1.54, 1.807) is 6.08 Å². The van der Waals surface area contributed by atoms with Gasteiger partial charge in [0.05, 0.1) is 10.7 Å². The summed E-state index contributed by atoms with van der Waals surface area (Å²) in [6, 6.07) is 0. The minimum atomic E-state index is -0.333. The Kier molecular flexibility index (Phi) is 2.95. The van der Waals surface area contributed by atoms with Gasteiger partial charge in [0.15, 0.2) is 0 Å². The number of nitrogens with one attached hydrogen (secondary N) is 1. The quantitative estimate of drug-likeness (QED) is 0.303. The molecule has 1 amide bonds. The van der Waals surface area contributed by atoms with E-state index in [2.05, 4.69) is 4.98 Å². The Balaban J connectivity index is 2.63. The topological polar surface area (TPSA) is 68.0 Å². The molecule has 0 radical (unpaired) electrons. The second kappa shape index (κ2) is 3.99. The first kappa shape index (κ1) is 8.89. The van der Waals surface area contributed by atoms with Crippen molar-refractivity contribution in [3.63, 3.8) is 0 Å². The van der Waals surface area contributed by atoms with E-state index in [4.69, 9.17) is 5.84 Å². The smallest absolute Gasteiger partial charge is 0.257 e. The first-order chi connectivity index (χ1) is 5.72. The van der Waals surface area contributed by atoms with Crippen molar-refractivity contribution in [2.45, 2.75) is 6.92 Å². The van der Waals surface area contributed by atoms with Crippen LogP contribution in [0.4, 0.5) is 0 Å². The molecule has 0 aliphatic rings. The van der Waals surface area contributed by atoms with E-state index in [-0.39, 0.29) is 5.91 Å². The number of nitrogens with two attached hydrogens (primary N) is 1. The van der Waals surface area contributed by atoms with Crippen molar-refractivity contribution in [2.24, 2.45) is 5.84 Å². The molecule has 0 saturated carbocycles. The molecule has 1 aromatic rings. The minimum Gasteiger partial charge on any atom is -0.291 e. The van der Waals surface area contributed by atoms with E-state index < -0.39 is 0 Å². The van der Waals surface area contributed by atoms with E-state index in [1.165, 1.54) is 17.4 Å². The molecule has 0 atom stereocenters. The van der Waals surface area contributed by atoms with Crippen molar-refractivity contribution < 1.29 is 4.79 Å². The monoisotopic (exact) mass is 183 g/mol. The third kappa shape index (κ3) is 2.44. The molecule has 4 nitrogen and oxygen atoms in total. The molecule has 3 N–H and O–H groups in total. The molecule has 0 aliphatic carbocycles. The number of rotatable bonds is 2. The van der Waals surface area contributed by atoms with Crippen LogP contribution in [-0.2, 0) is 4.79 Å². The Labute approximate surface area is 74.1 Å². The van der Waals surface area contributed by atoms with Crippen molar-refractivity contribution in [1.29, 1.82) is 0 Å². The maximum Gasteiger partial charge on any atom is 0.257 e. The fourth-order valence-electron chi connectivity index (χ4n) is 0.666. The Hall–Kier alpha value is -1.20.